The highest BCUT2D eigenvalue weighted by molar-refractivity contribution is 7.99. The summed E-state index contributed by atoms with van der Waals surface area (Å²) in [6, 6.07) is 16.2. The van der Waals surface area contributed by atoms with Gasteiger partial charge in [-0.25, -0.2) is 19.3 Å². The maximum absolute atomic E-state index is 13.9. The van der Waals surface area contributed by atoms with Crippen LogP contribution in [0.2, 0.25) is 0 Å². The number of thioether (sulfide) groups is 1. The highest BCUT2D eigenvalue weighted by atomic mass is 32.2. The van der Waals surface area contributed by atoms with E-state index in [-0.39, 0.29) is 17.4 Å². The van der Waals surface area contributed by atoms with Gasteiger partial charge in [0.05, 0.1) is 12.8 Å². The van der Waals surface area contributed by atoms with E-state index in [2.05, 4.69) is 14.5 Å². The van der Waals surface area contributed by atoms with Crippen molar-refractivity contribution in [3.05, 3.63) is 89.2 Å². The molecular formula is C23H18N4O2S. The Morgan fingerprint density at radius 2 is 1.73 bits per heavy atom. The van der Waals surface area contributed by atoms with Crippen molar-refractivity contribution in [1.29, 1.82) is 0 Å². The van der Waals surface area contributed by atoms with Crippen LogP contribution in [0, 0.1) is 0 Å². The minimum atomic E-state index is -0.134. The lowest BCUT2D eigenvalue weighted by molar-refractivity contribution is -0.704. The van der Waals surface area contributed by atoms with Crippen molar-refractivity contribution in [2.24, 2.45) is 7.05 Å². The first-order chi connectivity index (χ1) is 14.6. The van der Waals surface area contributed by atoms with Gasteiger partial charge in [0, 0.05) is 23.5 Å². The predicted octanol–water partition coefficient (Wildman–Crippen LogP) is 2.57. The molecule has 3 heterocycles. The van der Waals surface area contributed by atoms with Crippen LogP contribution in [0.5, 0.6) is 5.75 Å². The summed E-state index contributed by atoms with van der Waals surface area (Å²) in [7, 11) is 1.97. The Morgan fingerprint density at radius 1 is 1.03 bits per heavy atom. The van der Waals surface area contributed by atoms with E-state index < -0.39 is 0 Å². The number of benzene rings is 2. The van der Waals surface area contributed by atoms with Crippen LogP contribution >= 0.6 is 11.8 Å². The quantitative estimate of drug-likeness (QED) is 0.381. The van der Waals surface area contributed by atoms with Crippen molar-refractivity contribution in [3.63, 3.8) is 0 Å². The van der Waals surface area contributed by atoms with Gasteiger partial charge in [0.1, 0.15) is 17.9 Å². The Kier molecular flexibility index (Phi) is 4.59. The van der Waals surface area contributed by atoms with Gasteiger partial charge in [0.15, 0.2) is 5.69 Å². The lowest BCUT2D eigenvalue weighted by Crippen LogP contribution is -2.43. The van der Waals surface area contributed by atoms with E-state index in [9.17, 15) is 9.90 Å². The van der Waals surface area contributed by atoms with Gasteiger partial charge in [0.25, 0.3) is 0 Å². The normalized spacial score (nSPS) is 15.2. The molecule has 0 saturated heterocycles. The number of fused-ring (bicyclic) bond motifs is 1. The van der Waals surface area contributed by atoms with Crippen LogP contribution in [-0.2, 0) is 7.05 Å². The third kappa shape index (κ3) is 2.98. The first kappa shape index (κ1) is 18.6. The third-order valence-corrected chi connectivity index (χ3v) is 6.55. The van der Waals surface area contributed by atoms with Crippen LogP contribution in [0.25, 0.3) is 22.4 Å². The Labute approximate surface area is 177 Å². The van der Waals surface area contributed by atoms with Crippen LogP contribution in [0.4, 0.5) is 0 Å². The average molecular weight is 414 g/mol. The first-order valence-corrected chi connectivity index (χ1v) is 10.5. The van der Waals surface area contributed by atoms with Gasteiger partial charge in [-0.1, -0.05) is 54.6 Å². The molecule has 2 aromatic heterocycles. The highest BCUT2D eigenvalue weighted by Crippen LogP contribution is 2.37. The summed E-state index contributed by atoms with van der Waals surface area (Å²) in [4.78, 5) is 22.2. The first-order valence-electron chi connectivity index (χ1n) is 9.54. The Bertz CT molecular complexity index is 1270. The van der Waals surface area contributed by atoms with Crippen molar-refractivity contribution in [1.82, 2.24) is 14.5 Å². The lowest BCUT2D eigenvalue weighted by atomic mass is 9.99. The molecule has 0 saturated carbocycles. The summed E-state index contributed by atoms with van der Waals surface area (Å²) in [6.45, 7) is 0. The second-order valence-electron chi connectivity index (χ2n) is 7.13. The van der Waals surface area contributed by atoms with Crippen molar-refractivity contribution in [2.75, 3.05) is 5.75 Å². The molecule has 0 radical (unpaired) electrons. The molecule has 0 aliphatic carbocycles. The molecule has 0 spiro atoms. The number of nitrogens with zero attached hydrogens (tertiary/aromatic N) is 4. The van der Waals surface area contributed by atoms with E-state index in [0.29, 0.717) is 5.56 Å². The smallest absolute Gasteiger partial charge is 0.347 e. The summed E-state index contributed by atoms with van der Waals surface area (Å²) < 4.78 is 3.90. The van der Waals surface area contributed by atoms with Gasteiger partial charge in [-0.15, -0.1) is 5.75 Å². The largest absolute Gasteiger partial charge is 0.872 e. The second-order valence-corrected chi connectivity index (χ2v) is 8.12. The fourth-order valence-electron chi connectivity index (χ4n) is 3.95. The van der Waals surface area contributed by atoms with Crippen molar-refractivity contribution < 1.29 is 9.67 Å². The van der Waals surface area contributed by atoms with E-state index in [1.807, 2.05) is 41.9 Å². The number of aromatic nitrogens is 4. The molecule has 6 nitrogen and oxygen atoms in total. The maximum atomic E-state index is 13.9. The number of hydrogen-bond donors (Lipinski definition) is 0. The van der Waals surface area contributed by atoms with E-state index in [4.69, 9.17) is 0 Å². The third-order valence-electron chi connectivity index (χ3n) is 5.34. The summed E-state index contributed by atoms with van der Waals surface area (Å²) in [5.74, 6) is 0.673. The summed E-state index contributed by atoms with van der Waals surface area (Å²) >= 11 is 1.64. The van der Waals surface area contributed by atoms with Crippen molar-refractivity contribution in [2.45, 2.75) is 11.2 Å². The molecule has 0 fully saturated rings. The van der Waals surface area contributed by atoms with Gasteiger partial charge >= 0.3 is 10.7 Å². The van der Waals surface area contributed by atoms with Gasteiger partial charge in [-0.05, 0) is 17.3 Å². The zero-order valence-electron chi connectivity index (χ0n) is 16.2. The van der Waals surface area contributed by atoms with Crippen molar-refractivity contribution in [3.8, 4) is 28.1 Å². The summed E-state index contributed by atoms with van der Waals surface area (Å²) in [5.41, 5.74) is 3.94. The minimum Gasteiger partial charge on any atom is -0.872 e. The topological polar surface area (TPSA) is 74.7 Å². The van der Waals surface area contributed by atoms with Gasteiger partial charge in [-0.3, -0.25) is 0 Å². The highest BCUT2D eigenvalue weighted by Gasteiger charge is 2.39. The Hall–Kier alpha value is -3.45. The molecule has 0 unspecified atom stereocenters. The van der Waals surface area contributed by atoms with Crippen molar-refractivity contribution >= 4 is 11.8 Å². The van der Waals surface area contributed by atoms with Crippen LogP contribution in [0.3, 0.4) is 0 Å². The second kappa shape index (κ2) is 7.42. The number of rotatable bonds is 3. The van der Waals surface area contributed by atoms with E-state index in [0.717, 1.165) is 33.3 Å². The van der Waals surface area contributed by atoms with Gasteiger partial charge in [-0.2, -0.15) is 4.57 Å². The fourth-order valence-corrected chi connectivity index (χ4v) is 5.23. The zero-order valence-corrected chi connectivity index (χ0v) is 17.0. The van der Waals surface area contributed by atoms with Crippen LogP contribution < -0.4 is 15.2 Å². The minimum absolute atomic E-state index is 0.0564. The van der Waals surface area contributed by atoms with E-state index in [1.54, 1.807) is 36.3 Å². The van der Waals surface area contributed by atoms with E-state index >= 15 is 0 Å². The van der Waals surface area contributed by atoms with Gasteiger partial charge < -0.3 is 5.11 Å². The molecular weight excluding hydrogens is 396 g/mol. The molecule has 0 N–H and O–H groups in total. The summed E-state index contributed by atoms with van der Waals surface area (Å²) in [5, 5.41) is 12.5. The fraction of sp³-hybridized carbons (Fsp3) is 0.130. The molecule has 0 bridgehead atoms. The maximum Gasteiger partial charge on any atom is 0.347 e. The SMILES string of the molecule is C[n+]1c(-c2ccc([O-])cc2)c(-c2ccccc2)c(=O)n2c1SC[C@@H]2c1cncnc1. The zero-order chi connectivity index (χ0) is 20.7. The van der Waals surface area contributed by atoms with Gasteiger partial charge in [0.2, 0.25) is 0 Å². The monoisotopic (exact) mass is 414 g/mol. The summed E-state index contributed by atoms with van der Waals surface area (Å²) in [6.07, 6.45) is 5.03. The Morgan fingerprint density at radius 3 is 2.43 bits per heavy atom. The lowest BCUT2D eigenvalue weighted by Gasteiger charge is -2.15. The Balaban J connectivity index is 1.83. The predicted molar refractivity (Wildman–Crippen MR) is 113 cm³/mol. The molecule has 1 aliphatic rings. The molecule has 7 heteroatoms. The van der Waals surface area contributed by atoms with E-state index in [1.165, 1.54) is 18.5 Å². The van der Waals surface area contributed by atoms with Crippen LogP contribution in [0.15, 0.2) is 83.3 Å². The average Bonchev–Trinajstić information content (AvgIpc) is 3.24. The number of hydrogen-bond acceptors (Lipinski definition) is 5. The standard InChI is InChI=1S/C23H18N4O2S/c1-26-21(16-7-9-18(28)10-8-16)20(15-5-3-2-4-6-15)22(29)27-19(13-30-23(26)27)17-11-24-14-25-12-17/h2-12,14,19H,13H2,1H3/t19-/m1/s1. The van der Waals surface area contributed by atoms with Crippen LogP contribution in [0.1, 0.15) is 11.6 Å². The molecule has 4 aromatic rings. The van der Waals surface area contributed by atoms with Crippen LogP contribution in [-0.4, -0.2) is 20.3 Å². The molecule has 2 aromatic carbocycles. The molecule has 1 atom stereocenters. The molecule has 5 rings (SSSR count). The molecule has 0 amide bonds. The molecule has 30 heavy (non-hydrogen) atoms. The molecule has 148 valence electrons. The molecule has 1 aliphatic heterocycles.